The number of rotatable bonds is 3. The van der Waals surface area contributed by atoms with E-state index in [2.05, 4.69) is 32.5 Å². The number of aromatic nitrogens is 4. The summed E-state index contributed by atoms with van der Waals surface area (Å²) < 4.78 is 7.56. The summed E-state index contributed by atoms with van der Waals surface area (Å²) in [6, 6.07) is 10.2. The Kier molecular flexibility index (Phi) is 3.14. The fraction of sp³-hybridized carbons (Fsp3) is 0.312. The van der Waals surface area contributed by atoms with Crippen LogP contribution in [0, 0.1) is 12.8 Å². The Bertz CT molecular complexity index is 813. The maximum absolute atomic E-state index is 5.83. The second-order valence-electron chi connectivity index (χ2n) is 5.62. The number of aryl methyl sites for hydroxylation is 1. The van der Waals surface area contributed by atoms with Gasteiger partial charge in [-0.25, -0.2) is 4.98 Å². The molecule has 6 heteroatoms. The third-order valence-corrected chi connectivity index (χ3v) is 3.91. The van der Waals surface area contributed by atoms with Crippen LogP contribution in [0.5, 0.6) is 5.75 Å². The molecule has 0 bridgehead atoms. The van der Waals surface area contributed by atoms with Crippen LogP contribution in [0.3, 0.4) is 0 Å². The minimum absolute atomic E-state index is 0.432. The van der Waals surface area contributed by atoms with E-state index in [1.807, 2.05) is 25.1 Å². The molecule has 1 N–H and O–H groups in total. The van der Waals surface area contributed by atoms with Gasteiger partial charge in [0.05, 0.1) is 6.61 Å². The molecule has 6 nitrogen and oxygen atoms in total. The van der Waals surface area contributed by atoms with Crippen molar-refractivity contribution in [3.63, 3.8) is 0 Å². The van der Waals surface area contributed by atoms with E-state index in [1.54, 1.807) is 4.52 Å². The van der Waals surface area contributed by atoms with Crippen LogP contribution < -0.4 is 10.1 Å². The maximum atomic E-state index is 5.83. The Labute approximate surface area is 128 Å². The molecule has 112 valence electrons. The first kappa shape index (κ1) is 13.1. The van der Waals surface area contributed by atoms with Crippen molar-refractivity contribution >= 4 is 11.6 Å². The molecule has 0 amide bonds. The van der Waals surface area contributed by atoms with Gasteiger partial charge in [-0.15, -0.1) is 0 Å². The van der Waals surface area contributed by atoms with E-state index in [0.29, 0.717) is 11.7 Å². The zero-order chi connectivity index (χ0) is 14.9. The molecule has 2 aromatic heterocycles. The average Bonchev–Trinajstić information content (AvgIpc) is 3.00. The first-order chi connectivity index (χ1) is 10.8. The summed E-state index contributed by atoms with van der Waals surface area (Å²) in [5.74, 6) is 2.98. The topological polar surface area (TPSA) is 64.3 Å². The number of hydrogen-bond acceptors (Lipinski definition) is 5. The van der Waals surface area contributed by atoms with Crippen LogP contribution >= 0.6 is 0 Å². The van der Waals surface area contributed by atoms with Crippen LogP contribution in [0.4, 0.5) is 5.82 Å². The van der Waals surface area contributed by atoms with Crippen molar-refractivity contribution < 1.29 is 4.74 Å². The molecule has 1 atom stereocenters. The van der Waals surface area contributed by atoms with Crippen LogP contribution in [0.2, 0.25) is 0 Å². The van der Waals surface area contributed by atoms with Gasteiger partial charge >= 0.3 is 0 Å². The number of ether oxygens (including phenoxy) is 1. The van der Waals surface area contributed by atoms with Gasteiger partial charge in [-0.1, -0.05) is 18.2 Å². The molecule has 0 aliphatic carbocycles. The van der Waals surface area contributed by atoms with Gasteiger partial charge in [-0.05, 0) is 25.0 Å². The van der Waals surface area contributed by atoms with Crippen LogP contribution in [-0.4, -0.2) is 32.7 Å². The highest BCUT2D eigenvalue weighted by atomic mass is 16.5. The molecule has 4 rings (SSSR count). The lowest BCUT2D eigenvalue weighted by Gasteiger charge is -2.25. The highest BCUT2D eigenvalue weighted by Crippen LogP contribution is 2.27. The molecule has 3 heterocycles. The minimum Gasteiger partial charge on any atom is -0.493 e. The van der Waals surface area contributed by atoms with E-state index in [-0.39, 0.29) is 0 Å². The first-order valence-electron chi connectivity index (χ1n) is 7.41. The average molecular weight is 295 g/mol. The number of benzene rings is 1. The van der Waals surface area contributed by atoms with E-state index in [9.17, 15) is 0 Å². The van der Waals surface area contributed by atoms with E-state index in [0.717, 1.165) is 36.8 Å². The zero-order valence-corrected chi connectivity index (χ0v) is 12.4. The monoisotopic (exact) mass is 295 g/mol. The Hall–Kier alpha value is -2.63. The smallest absolute Gasteiger partial charge is 0.254 e. The molecule has 1 aromatic carbocycles. The van der Waals surface area contributed by atoms with Crippen LogP contribution in [0.15, 0.2) is 36.7 Å². The van der Waals surface area contributed by atoms with Crippen molar-refractivity contribution in [3.05, 3.63) is 47.9 Å². The molecule has 0 spiro atoms. The fourth-order valence-electron chi connectivity index (χ4n) is 2.83. The normalized spacial score (nSPS) is 17.0. The van der Waals surface area contributed by atoms with Crippen molar-refractivity contribution in [2.24, 2.45) is 5.92 Å². The SMILES string of the molecule is Cc1cc(NC[C@@H]2COc3ccccc3C2)n2ncnc2n1. The summed E-state index contributed by atoms with van der Waals surface area (Å²) in [6.07, 6.45) is 2.54. The minimum atomic E-state index is 0.432. The van der Waals surface area contributed by atoms with Crippen molar-refractivity contribution in [3.8, 4) is 5.75 Å². The number of anilines is 1. The predicted molar refractivity (Wildman–Crippen MR) is 83.1 cm³/mol. The van der Waals surface area contributed by atoms with Gasteiger partial charge < -0.3 is 10.1 Å². The molecular formula is C16H17N5O. The predicted octanol–water partition coefficient (Wildman–Crippen LogP) is 2.10. The molecule has 0 saturated carbocycles. The van der Waals surface area contributed by atoms with Crippen LogP contribution in [0.1, 0.15) is 11.3 Å². The van der Waals surface area contributed by atoms with E-state index in [4.69, 9.17) is 4.74 Å². The summed E-state index contributed by atoms with van der Waals surface area (Å²) in [5.41, 5.74) is 2.20. The molecule has 1 aliphatic rings. The quantitative estimate of drug-likeness (QED) is 0.801. The van der Waals surface area contributed by atoms with Gasteiger partial charge in [0.2, 0.25) is 0 Å². The fourth-order valence-corrected chi connectivity index (χ4v) is 2.83. The summed E-state index contributed by atoms with van der Waals surface area (Å²) in [7, 11) is 0. The van der Waals surface area contributed by atoms with Gasteiger partial charge in [0.25, 0.3) is 5.78 Å². The van der Waals surface area contributed by atoms with E-state index < -0.39 is 0 Å². The summed E-state index contributed by atoms with van der Waals surface area (Å²) in [6.45, 7) is 3.52. The van der Waals surface area contributed by atoms with Crippen LogP contribution in [-0.2, 0) is 6.42 Å². The van der Waals surface area contributed by atoms with Crippen LogP contribution in [0.25, 0.3) is 5.78 Å². The van der Waals surface area contributed by atoms with E-state index in [1.165, 1.54) is 11.9 Å². The molecule has 22 heavy (non-hydrogen) atoms. The standard InChI is InChI=1S/C16H17N5O/c1-11-6-15(21-16(20-11)18-10-19-21)17-8-12-7-13-4-2-3-5-14(13)22-9-12/h2-6,10,12,17H,7-9H2,1H3/t12-/m1/s1. The van der Waals surface area contributed by atoms with Crippen molar-refractivity contribution in [1.82, 2.24) is 19.6 Å². The van der Waals surface area contributed by atoms with Gasteiger partial charge in [0.15, 0.2) is 0 Å². The Morgan fingerprint density at radius 2 is 2.27 bits per heavy atom. The van der Waals surface area contributed by atoms with Gasteiger partial charge in [-0.3, -0.25) is 0 Å². The lowest BCUT2D eigenvalue weighted by Crippen LogP contribution is -2.27. The molecule has 0 saturated heterocycles. The van der Waals surface area contributed by atoms with Gasteiger partial charge in [-0.2, -0.15) is 14.6 Å². The van der Waals surface area contributed by atoms with Crippen molar-refractivity contribution in [1.29, 1.82) is 0 Å². The number of nitrogens with one attached hydrogen (secondary N) is 1. The molecular weight excluding hydrogens is 278 g/mol. The molecule has 1 aliphatic heterocycles. The Morgan fingerprint density at radius 3 is 3.23 bits per heavy atom. The van der Waals surface area contributed by atoms with Crippen molar-refractivity contribution in [2.45, 2.75) is 13.3 Å². The number of para-hydroxylation sites is 1. The lowest BCUT2D eigenvalue weighted by molar-refractivity contribution is 0.229. The largest absolute Gasteiger partial charge is 0.493 e. The maximum Gasteiger partial charge on any atom is 0.254 e. The second-order valence-corrected chi connectivity index (χ2v) is 5.62. The number of nitrogens with zero attached hydrogens (tertiary/aromatic N) is 4. The molecule has 3 aromatic rings. The van der Waals surface area contributed by atoms with Gasteiger partial charge in [0, 0.05) is 24.2 Å². The molecule has 0 radical (unpaired) electrons. The lowest BCUT2D eigenvalue weighted by atomic mass is 9.97. The van der Waals surface area contributed by atoms with Gasteiger partial charge in [0.1, 0.15) is 17.9 Å². The summed E-state index contributed by atoms with van der Waals surface area (Å²) >= 11 is 0. The zero-order valence-electron chi connectivity index (χ0n) is 12.4. The number of hydrogen-bond donors (Lipinski definition) is 1. The first-order valence-corrected chi connectivity index (χ1v) is 7.41. The Balaban J connectivity index is 1.50. The Morgan fingerprint density at radius 1 is 1.36 bits per heavy atom. The summed E-state index contributed by atoms with van der Waals surface area (Å²) in [5, 5.41) is 7.66. The summed E-state index contributed by atoms with van der Waals surface area (Å²) in [4.78, 5) is 8.49. The third kappa shape index (κ3) is 2.36. The third-order valence-electron chi connectivity index (χ3n) is 3.91. The highest BCUT2D eigenvalue weighted by molar-refractivity contribution is 5.45. The second kappa shape index (κ2) is 5.29. The van der Waals surface area contributed by atoms with E-state index >= 15 is 0 Å². The van der Waals surface area contributed by atoms with Crippen molar-refractivity contribution in [2.75, 3.05) is 18.5 Å². The highest BCUT2D eigenvalue weighted by Gasteiger charge is 2.19. The number of fused-ring (bicyclic) bond motifs is 2. The molecule has 0 fully saturated rings. The molecule has 0 unspecified atom stereocenters.